The van der Waals surface area contributed by atoms with Crippen LogP contribution in [0.3, 0.4) is 0 Å². The molecule has 9 nitrogen and oxygen atoms in total. The van der Waals surface area contributed by atoms with Crippen LogP contribution >= 0.6 is 11.8 Å². The predicted octanol–water partition coefficient (Wildman–Crippen LogP) is 2.94. The van der Waals surface area contributed by atoms with Crippen LogP contribution in [0.15, 0.2) is 50.7 Å². The van der Waals surface area contributed by atoms with Crippen molar-refractivity contribution in [1.82, 2.24) is 10.6 Å². The van der Waals surface area contributed by atoms with E-state index in [4.69, 9.17) is 4.42 Å². The van der Waals surface area contributed by atoms with Gasteiger partial charge >= 0.3 is 0 Å². The third kappa shape index (κ3) is 4.34. The smallest absolute Gasteiger partial charge is 0.286 e. The van der Waals surface area contributed by atoms with E-state index in [1.54, 1.807) is 30.3 Å². The molecule has 30 heavy (non-hydrogen) atoms. The van der Waals surface area contributed by atoms with Crippen LogP contribution in [0.4, 0.5) is 5.69 Å². The molecule has 0 atom stereocenters. The van der Waals surface area contributed by atoms with E-state index in [1.165, 1.54) is 12.1 Å². The first-order valence-corrected chi connectivity index (χ1v) is 10.2. The number of piperidine rings is 1. The van der Waals surface area contributed by atoms with Gasteiger partial charge in [0.15, 0.2) is 5.17 Å². The lowest BCUT2D eigenvalue weighted by atomic mass is 9.97. The minimum absolute atomic E-state index is 0.0661. The highest BCUT2D eigenvalue weighted by atomic mass is 32.2. The van der Waals surface area contributed by atoms with E-state index in [-0.39, 0.29) is 22.7 Å². The van der Waals surface area contributed by atoms with Crippen LogP contribution in [0.5, 0.6) is 0 Å². The highest BCUT2D eigenvalue weighted by Crippen LogP contribution is 2.33. The Hall–Kier alpha value is -3.24. The standard InChI is InChI=1S/C20H18N4O5S/c25-18(12-7-9-21-10-8-12)22-20-23-19(26)17(30-20)11-13-5-6-16(29-13)14-3-1-2-4-15(14)24(27)28/h1-6,11-12,21H,7-10H2,(H,22,23,25,26)/b17-11-. The number of hydrogen-bond donors (Lipinski definition) is 2. The summed E-state index contributed by atoms with van der Waals surface area (Å²) in [7, 11) is 0. The minimum Gasteiger partial charge on any atom is -0.456 e. The first kappa shape index (κ1) is 20.0. The van der Waals surface area contributed by atoms with Crippen molar-refractivity contribution in [2.75, 3.05) is 13.1 Å². The molecule has 2 amide bonds. The van der Waals surface area contributed by atoms with Gasteiger partial charge in [-0.25, -0.2) is 0 Å². The van der Waals surface area contributed by atoms with Gasteiger partial charge < -0.3 is 15.1 Å². The summed E-state index contributed by atoms with van der Waals surface area (Å²) < 4.78 is 5.69. The molecule has 1 saturated heterocycles. The van der Waals surface area contributed by atoms with Gasteiger partial charge in [-0.3, -0.25) is 19.7 Å². The second-order valence-electron chi connectivity index (χ2n) is 6.82. The lowest BCUT2D eigenvalue weighted by Crippen LogP contribution is -2.39. The molecule has 1 aromatic heterocycles. The summed E-state index contributed by atoms with van der Waals surface area (Å²) in [5, 5.41) is 17.4. The van der Waals surface area contributed by atoms with Crippen molar-refractivity contribution in [2.45, 2.75) is 12.8 Å². The topological polar surface area (TPSA) is 127 Å². The third-order valence-corrected chi connectivity index (χ3v) is 5.73. The van der Waals surface area contributed by atoms with Crippen molar-refractivity contribution >= 4 is 40.5 Å². The number of nitro groups is 1. The number of carbonyl (C=O) groups is 2. The molecule has 2 aliphatic heterocycles. The molecule has 10 heteroatoms. The van der Waals surface area contributed by atoms with Crippen molar-refractivity contribution in [2.24, 2.45) is 10.9 Å². The molecular weight excluding hydrogens is 408 g/mol. The number of nitrogens with zero attached hydrogens (tertiary/aromatic N) is 2. The zero-order chi connectivity index (χ0) is 21.1. The van der Waals surface area contributed by atoms with Gasteiger partial charge in [-0.1, -0.05) is 12.1 Å². The van der Waals surface area contributed by atoms with Gasteiger partial charge in [-0.15, -0.1) is 0 Å². The highest BCUT2D eigenvalue weighted by Gasteiger charge is 2.27. The maximum Gasteiger partial charge on any atom is 0.286 e. The summed E-state index contributed by atoms with van der Waals surface area (Å²) in [5.41, 5.74) is 0.285. The van der Waals surface area contributed by atoms with Crippen molar-refractivity contribution < 1.29 is 18.9 Å². The summed E-state index contributed by atoms with van der Waals surface area (Å²) in [6.45, 7) is 1.59. The Morgan fingerprint density at radius 1 is 1.27 bits per heavy atom. The fraction of sp³-hybridized carbons (Fsp3) is 0.250. The molecule has 0 spiro atoms. The molecule has 1 aromatic carbocycles. The number of amidine groups is 1. The summed E-state index contributed by atoms with van der Waals surface area (Å²) in [5.74, 6) is -0.00483. The monoisotopic (exact) mass is 426 g/mol. The fourth-order valence-electron chi connectivity index (χ4n) is 3.30. The Bertz CT molecular complexity index is 1070. The third-order valence-electron chi connectivity index (χ3n) is 4.83. The van der Waals surface area contributed by atoms with Gasteiger partial charge in [-0.2, -0.15) is 4.99 Å². The Labute approximate surface area is 175 Å². The van der Waals surface area contributed by atoms with E-state index >= 15 is 0 Å². The number of amides is 2. The van der Waals surface area contributed by atoms with Gasteiger partial charge in [-0.05, 0) is 55.9 Å². The average Bonchev–Trinajstić information content (AvgIpc) is 3.35. The Kier molecular flexibility index (Phi) is 5.77. The second kappa shape index (κ2) is 8.64. The molecule has 3 heterocycles. The van der Waals surface area contributed by atoms with Gasteiger partial charge in [0.05, 0.1) is 15.4 Å². The molecular formula is C20H18N4O5S. The van der Waals surface area contributed by atoms with Gasteiger partial charge in [0.2, 0.25) is 5.91 Å². The summed E-state index contributed by atoms with van der Waals surface area (Å²) in [6, 6.07) is 9.50. The van der Waals surface area contributed by atoms with Gasteiger partial charge in [0, 0.05) is 18.1 Å². The van der Waals surface area contributed by atoms with Crippen molar-refractivity contribution in [3.63, 3.8) is 0 Å². The van der Waals surface area contributed by atoms with Gasteiger partial charge in [0.1, 0.15) is 11.5 Å². The fourth-order valence-corrected chi connectivity index (χ4v) is 4.10. The molecule has 0 saturated carbocycles. The van der Waals surface area contributed by atoms with Crippen molar-refractivity contribution in [3.8, 4) is 11.3 Å². The number of thioether (sulfide) groups is 1. The molecule has 0 aliphatic carbocycles. The lowest BCUT2D eigenvalue weighted by Gasteiger charge is -2.21. The molecule has 2 N–H and O–H groups in total. The van der Waals surface area contributed by atoms with Crippen molar-refractivity contribution in [1.29, 1.82) is 0 Å². The van der Waals surface area contributed by atoms with Crippen LogP contribution in [0, 0.1) is 16.0 Å². The van der Waals surface area contributed by atoms with E-state index in [9.17, 15) is 19.7 Å². The number of hydrogen-bond acceptors (Lipinski definition) is 7. The van der Waals surface area contributed by atoms with Crippen LogP contribution in [-0.2, 0) is 9.59 Å². The van der Waals surface area contributed by atoms with Crippen LogP contribution in [-0.4, -0.2) is 35.0 Å². The van der Waals surface area contributed by atoms with Gasteiger partial charge in [0.25, 0.3) is 11.6 Å². The summed E-state index contributed by atoms with van der Waals surface area (Å²) in [6.07, 6.45) is 3.01. The number of furan rings is 1. The minimum atomic E-state index is -0.475. The van der Waals surface area contributed by atoms with Crippen LogP contribution in [0.2, 0.25) is 0 Å². The number of aliphatic imine (C=N–C) groups is 1. The first-order valence-electron chi connectivity index (χ1n) is 9.39. The lowest BCUT2D eigenvalue weighted by molar-refractivity contribution is -0.384. The Morgan fingerprint density at radius 2 is 2.03 bits per heavy atom. The van der Waals surface area contributed by atoms with Crippen molar-refractivity contribution in [3.05, 3.63) is 57.2 Å². The largest absolute Gasteiger partial charge is 0.456 e. The van der Waals surface area contributed by atoms with E-state index in [2.05, 4.69) is 15.6 Å². The van der Waals surface area contributed by atoms with E-state index in [1.807, 2.05) is 0 Å². The van der Waals surface area contributed by atoms with E-state index < -0.39 is 10.8 Å². The number of nitro benzene ring substituents is 1. The molecule has 2 aliphatic rings. The normalized spacial score (nSPS) is 18.5. The number of nitrogens with one attached hydrogen (secondary N) is 2. The van der Waals surface area contributed by atoms with Crippen LogP contribution in [0.1, 0.15) is 18.6 Å². The predicted molar refractivity (Wildman–Crippen MR) is 113 cm³/mol. The molecule has 0 radical (unpaired) electrons. The van der Waals surface area contributed by atoms with E-state index in [0.717, 1.165) is 37.7 Å². The zero-order valence-electron chi connectivity index (χ0n) is 15.8. The summed E-state index contributed by atoms with van der Waals surface area (Å²) in [4.78, 5) is 39.5. The number of para-hydroxylation sites is 1. The number of rotatable bonds is 4. The molecule has 4 rings (SSSR count). The molecule has 2 aromatic rings. The average molecular weight is 426 g/mol. The van der Waals surface area contributed by atoms with Crippen LogP contribution < -0.4 is 10.6 Å². The maximum atomic E-state index is 12.3. The highest BCUT2D eigenvalue weighted by molar-refractivity contribution is 8.18. The number of carbonyl (C=O) groups excluding carboxylic acids is 2. The summed E-state index contributed by atoms with van der Waals surface area (Å²) >= 11 is 1.06. The Balaban J connectivity index is 1.46. The molecule has 154 valence electrons. The molecule has 1 fully saturated rings. The number of benzene rings is 1. The second-order valence-corrected chi connectivity index (χ2v) is 7.85. The van der Waals surface area contributed by atoms with E-state index in [0.29, 0.717) is 22.0 Å². The first-order chi connectivity index (χ1) is 14.5. The maximum absolute atomic E-state index is 12.3. The SMILES string of the molecule is O=C1N=C(NC(=O)C2CCNCC2)S/C1=C\c1ccc(-c2ccccc2[N+](=O)[O-])o1. The zero-order valence-corrected chi connectivity index (χ0v) is 16.6. The molecule has 0 bridgehead atoms. The quantitative estimate of drug-likeness (QED) is 0.437. The Morgan fingerprint density at radius 3 is 2.80 bits per heavy atom. The molecule has 0 unspecified atom stereocenters. The van der Waals surface area contributed by atoms with Crippen LogP contribution in [0.25, 0.3) is 17.4 Å².